The maximum atomic E-state index is 3.85. The first-order valence-corrected chi connectivity index (χ1v) is 8.52. The first-order valence-electron chi connectivity index (χ1n) is 7.70. The van der Waals surface area contributed by atoms with Crippen molar-refractivity contribution in [1.29, 1.82) is 0 Å². The molecular formula is C16H26N2S. The molecule has 106 valence electrons. The summed E-state index contributed by atoms with van der Waals surface area (Å²) in [7, 11) is 0. The van der Waals surface area contributed by atoms with Gasteiger partial charge in [-0.2, -0.15) is 0 Å². The van der Waals surface area contributed by atoms with Crippen LogP contribution in [0.1, 0.15) is 47.4 Å². The number of thiophene rings is 1. The van der Waals surface area contributed by atoms with E-state index < -0.39 is 0 Å². The summed E-state index contributed by atoms with van der Waals surface area (Å²) in [6.45, 7) is 9.35. The van der Waals surface area contributed by atoms with Crippen LogP contribution in [0.5, 0.6) is 0 Å². The summed E-state index contributed by atoms with van der Waals surface area (Å²) in [5.74, 6) is 0. The van der Waals surface area contributed by atoms with Gasteiger partial charge in [0.1, 0.15) is 0 Å². The van der Waals surface area contributed by atoms with Crippen LogP contribution in [0.3, 0.4) is 0 Å². The monoisotopic (exact) mass is 278 g/mol. The van der Waals surface area contributed by atoms with Gasteiger partial charge in [-0.25, -0.2) is 0 Å². The molecule has 0 bridgehead atoms. The molecule has 1 aromatic heterocycles. The minimum atomic E-state index is 0.442. The molecule has 2 nitrogen and oxygen atoms in total. The van der Waals surface area contributed by atoms with Gasteiger partial charge in [0.25, 0.3) is 0 Å². The van der Waals surface area contributed by atoms with Crippen LogP contribution in [0.4, 0.5) is 0 Å². The zero-order valence-electron chi connectivity index (χ0n) is 12.3. The van der Waals surface area contributed by atoms with Gasteiger partial charge in [0, 0.05) is 28.4 Å². The third-order valence-corrected chi connectivity index (χ3v) is 5.97. The molecule has 1 aromatic rings. The van der Waals surface area contributed by atoms with Crippen LogP contribution in [0.2, 0.25) is 0 Å². The lowest BCUT2D eigenvalue weighted by Crippen LogP contribution is -2.49. The van der Waals surface area contributed by atoms with Gasteiger partial charge in [-0.3, -0.25) is 4.90 Å². The molecule has 3 heteroatoms. The second-order valence-electron chi connectivity index (χ2n) is 6.43. The molecule has 19 heavy (non-hydrogen) atoms. The van der Waals surface area contributed by atoms with E-state index in [1.54, 1.807) is 4.88 Å². The summed E-state index contributed by atoms with van der Waals surface area (Å²) in [4.78, 5) is 5.72. The molecule has 1 N–H and O–H groups in total. The highest BCUT2D eigenvalue weighted by molar-refractivity contribution is 7.12. The second-order valence-corrected chi connectivity index (χ2v) is 7.77. The van der Waals surface area contributed by atoms with E-state index in [0.29, 0.717) is 5.54 Å². The summed E-state index contributed by atoms with van der Waals surface area (Å²) in [6, 6.07) is 2.39. The number of nitrogens with one attached hydrogen (secondary N) is 1. The quantitative estimate of drug-likeness (QED) is 0.891. The number of hydrogen-bond donors (Lipinski definition) is 1. The fraction of sp³-hybridized carbons (Fsp3) is 0.750. The Morgan fingerprint density at radius 3 is 2.74 bits per heavy atom. The Hall–Kier alpha value is -0.380. The average Bonchev–Trinajstić information content (AvgIpc) is 2.86. The van der Waals surface area contributed by atoms with Gasteiger partial charge in [0.2, 0.25) is 0 Å². The van der Waals surface area contributed by atoms with E-state index in [1.165, 1.54) is 62.2 Å². The normalized spacial score (nSPS) is 23.9. The van der Waals surface area contributed by atoms with Crippen LogP contribution in [-0.2, 0) is 6.54 Å². The smallest absolute Gasteiger partial charge is 0.0328 e. The van der Waals surface area contributed by atoms with Crippen LogP contribution in [-0.4, -0.2) is 30.1 Å². The third-order valence-electron chi connectivity index (χ3n) is 4.83. The molecule has 3 rings (SSSR count). The molecule has 2 aliphatic rings. The highest BCUT2D eigenvalue weighted by Crippen LogP contribution is 2.32. The van der Waals surface area contributed by atoms with Crippen molar-refractivity contribution in [3.8, 4) is 0 Å². The Bertz CT molecular complexity index is 412. The van der Waals surface area contributed by atoms with E-state index in [0.717, 1.165) is 6.54 Å². The van der Waals surface area contributed by atoms with Gasteiger partial charge in [0.05, 0.1) is 0 Å². The maximum absolute atomic E-state index is 3.85. The Kier molecular flexibility index (Phi) is 3.97. The van der Waals surface area contributed by atoms with Crippen molar-refractivity contribution < 1.29 is 0 Å². The molecular weight excluding hydrogens is 252 g/mol. The molecule has 0 unspecified atom stereocenters. The predicted molar refractivity (Wildman–Crippen MR) is 82.9 cm³/mol. The van der Waals surface area contributed by atoms with Crippen LogP contribution >= 0.6 is 11.3 Å². The minimum absolute atomic E-state index is 0.442. The molecule has 2 fully saturated rings. The molecule has 0 atom stereocenters. The van der Waals surface area contributed by atoms with Crippen molar-refractivity contribution in [2.24, 2.45) is 0 Å². The summed E-state index contributed by atoms with van der Waals surface area (Å²) in [5.41, 5.74) is 1.90. The Morgan fingerprint density at radius 1 is 1.26 bits per heavy atom. The van der Waals surface area contributed by atoms with Crippen molar-refractivity contribution in [2.75, 3.05) is 19.6 Å². The zero-order valence-corrected chi connectivity index (χ0v) is 13.1. The lowest BCUT2D eigenvalue weighted by Gasteiger charge is -2.33. The second kappa shape index (κ2) is 5.55. The summed E-state index contributed by atoms with van der Waals surface area (Å²) >= 11 is 1.98. The van der Waals surface area contributed by atoms with Crippen LogP contribution in [0.25, 0.3) is 0 Å². The van der Waals surface area contributed by atoms with Gasteiger partial charge in [-0.05, 0) is 57.8 Å². The first kappa shape index (κ1) is 13.6. The molecule has 1 aliphatic carbocycles. The molecule has 0 amide bonds. The van der Waals surface area contributed by atoms with Gasteiger partial charge in [0.15, 0.2) is 0 Å². The van der Waals surface area contributed by atoms with Gasteiger partial charge in [-0.1, -0.05) is 12.8 Å². The van der Waals surface area contributed by atoms with E-state index in [-0.39, 0.29) is 0 Å². The first-order chi connectivity index (χ1) is 9.17. The topological polar surface area (TPSA) is 15.3 Å². The average molecular weight is 278 g/mol. The van der Waals surface area contributed by atoms with Gasteiger partial charge < -0.3 is 5.32 Å². The zero-order chi connectivity index (χ0) is 13.3. The number of nitrogens with zero attached hydrogens (tertiary/aromatic N) is 1. The lowest BCUT2D eigenvalue weighted by molar-refractivity contribution is 0.205. The van der Waals surface area contributed by atoms with Gasteiger partial charge >= 0.3 is 0 Å². The highest BCUT2D eigenvalue weighted by atomic mass is 32.1. The van der Waals surface area contributed by atoms with Crippen LogP contribution in [0, 0.1) is 13.8 Å². The van der Waals surface area contributed by atoms with Crippen LogP contribution in [0.15, 0.2) is 6.07 Å². The molecule has 2 heterocycles. The molecule has 0 aromatic carbocycles. The Balaban J connectivity index is 1.69. The van der Waals surface area contributed by atoms with Crippen molar-refractivity contribution in [3.05, 3.63) is 21.4 Å². The fourth-order valence-corrected chi connectivity index (χ4v) is 4.78. The summed E-state index contributed by atoms with van der Waals surface area (Å²) in [6.07, 6.45) is 6.89. The van der Waals surface area contributed by atoms with Crippen molar-refractivity contribution in [3.63, 3.8) is 0 Å². The molecule has 1 aliphatic heterocycles. The SMILES string of the molecule is Cc1cc(CN2CCCNC3(CCCC3)C2)sc1C. The predicted octanol–water partition coefficient (Wildman–Crippen LogP) is 3.47. The van der Waals surface area contributed by atoms with Crippen molar-refractivity contribution in [1.82, 2.24) is 10.2 Å². The van der Waals surface area contributed by atoms with E-state index in [4.69, 9.17) is 0 Å². The number of hydrogen-bond acceptors (Lipinski definition) is 3. The Labute approximate surface area is 121 Å². The number of aryl methyl sites for hydroxylation is 2. The van der Waals surface area contributed by atoms with Crippen molar-refractivity contribution >= 4 is 11.3 Å². The van der Waals surface area contributed by atoms with Gasteiger partial charge in [-0.15, -0.1) is 11.3 Å². The molecule has 1 spiro atoms. The maximum Gasteiger partial charge on any atom is 0.0328 e. The highest BCUT2D eigenvalue weighted by Gasteiger charge is 2.36. The van der Waals surface area contributed by atoms with E-state index in [2.05, 4.69) is 30.1 Å². The minimum Gasteiger partial charge on any atom is -0.310 e. The van der Waals surface area contributed by atoms with E-state index in [9.17, 15) is 0 Å². The largest absolute Gasteiger partial charge is 0.310 e. The third kappa shape index (κ3) is 3.04. The molecule has 1 saturated carbocycles. The number of rotatable bonds is 2. The summed E-state index contributed by atoms with van der Waals surface area (Å²) < 4.78 is 0. The molecule has 1 saturated heterocycles. The fourth-order valence-electron chi connectivity index (χ4n) is 3.69. The standard InChI is InChI=1S/C16H26N2S/c1-13-10-15(19-14(13)2)11-18-9-5-8-17-16(12-18)6-3-4-7-16/h10,17H,3-9,11-12H2,1-2H3. The summed E-state index contributed by atoms with van der Waals surface area (Å²) in [5, 5.41) is 3.85. The van der Waals surface area contributed by atoms with Crippen LogP contribution < -0.4 is 5.32 Å². The Morgan fingerprint density at radius 2 is 2.05 bits per heavy atom. The van der Waals surface area contributed by atoms with Crippen molar-refractivity contribution in [2.45, 2.75) is 58.0 Å². The van der Waals surface area contributed by atoms with E-state index >= 15 is 0 Å². The lowest BCUT2D eigenvalue weighted by atomic mass is 9.97. The van der Waals surface area contributed by atoms with E-state index in [1.807, 2.05) is 11.3 Å². The molecule has 0 radical (unpaired) electrons.